The summed E-state index contributed by atoms with van der Waals surface area (Å²) in [5.74, 6) is -0.345. The summed E-state index contributed by atoms with van der Waals surface area (Å²) in [5.41, 5.74) is 2.07. The molecule has 0 fully saturated rings. The van der Waals surface area contributed by atoms with Gasteiger partial charge in [-0.15, -0.1) is 10.2 Å². The third kappa shape index (κ3) is 5.05. The second-order valence-corrected chi connectivity index (χ2v) is 8.46. The van der Waals surface area contributed by atoms with Crippen LogP contribution in [0.3, 0.4) is 0 Å². The molecule has 0 spiro atoms. The van der Waals surface area contributed by atoms with Gasteiger partial charge in [0.05, 0.1) is 10.2 Å². The van der Waals surface area contributed by atoms with E-state index in [9.17, 15) is 14.9 Å². The van der Waals surface area contributed by atoms with E-state index in [0.717, 1.165) is 11.3 Å². The van der Waals surface area contributed by atoms with E-state index in [-0.39, 0.29) is 17.3 Å². The van der Waals surface area contributed by atoms with Gasteiger partial charge in [0.25, 0.3) is 5.69 Å². The molecule has 3 rings (SSSR count). The normalized spacial score (nSPS) is 11.6. The highest BCUT2D eigenvalue weighted by atomic mass is 32.2. The van der Waals surface area contributed by atoms with Gasteiger partial charge in [0.1, 0.15) is 5.69 Å². The van der Waals surface area contributed by atoms with E-state index in [1.54, 1.807) is 19.1 Å². The zero-order chi connectivity index (χ0) is 20.1. The van der Waals surface area contributed by atoms with E-state index in [1.807, 2.05) is 31.2 Å². The number of nitrogens with one attached hydrogen (secondary N) is 2. The number of aryl methyl sites for hydroxylation is 1. The zero-order valence-corrected chi connectivity index (χ0v) is 16.7. The lowest BCUT2D eigenvalue weighted by Gasteiger charge is -2.10. The number of benzene rings is 2. The third-order valence-electron chi connectivity index (χ3n) is 3.68. The number of aromatic nitrogens is 2. The lowest BCUT2D eigenvalue weighted by molar-refractivity contribution is -0.383. The fourth-order valence-corrected chi connectivity index (χ4v) is 4.25. The Morgan fingerprint density at radius 1 is 1.21 bits per heavy atom. The fraction of sp³-hybridized carbons (Fsp3) is 0.167. The highest BCUT2D eigenvalue weighted by molar-refractivity contribution is 8.02. The largest absolute Gasteiger partial charge is 0.330 e. The Bertz CT molecular complexity index is 1010. The van der Waals surface area contributed by atoms with Gasteiger partial charge in [0.15, 0.2) is 4.34 Å². The maximum absolute atomic E-state index is 12.4. The van der Waals surface area contributed by atoms with E-state index in [2.05, 4.69) is 20.8 Å². The molecule has 1 unspecified atom stereocenters. The lowest BCUT2D eigenvalue weighted by Crippen LogP contribution is -2.22. The Balaban J connectivity index is 1.62. The molecule has 2 N–H and O–H groups in total. The molecule has 0 aliphatic carbocycles. The number of para-hydroxylation sites is 2. The van der Waals surface area contributed by atoms with E-state index >= 15 is 0 Å². The van der Waals surface area contributed by atoms with Crippen molar-refractivity contribution in [2.24, 2.45) is 0 Å². The Morgan fingerprint density at radius 2 is 2.00 bits per heavy atom. The van der Waals surface area contributed by atoms with Crippen molar-refractivity contribution in [3.05, 3.63) is 64.2 Å². The first-order chi connectivity index (χ1) is 13.4. The summed E-state index contributed by atoms with van der Waals surface area (Å²) < 4.78 is 0.625. The van der Waals surface area contributed by atoms with Crippen molar-refractivity contribution in [1.82, 2.24) is 10.2 Å². The fourth-order valence-electron chi connectivity index (χ4n) is 2.33. The SMILES string of the molecule is Cc1cccc(Nc2nnc(SC(C)C(=O)Nc3ccccc3[N+](=O)[O-])s2)c1. The highest BCUT2D eigenvalue weighted by Crippen LogP contribution is 2.31. The average molecular weight is 416 g/mol. The second-order valence-electron chi connectivity index (χ2n) is 5.89. The van der Waals surface area contributed by atoms with Gasteiger partial charge in [0, 0.05) is 11.8 Å². The maximum Gasteiger partial charge on any atom is 0.292 e. The molecule has 0 radical (unpaired) electrons. The van der Waals surface area contributed by atoms with Crippen LogP contribution >= 0.6 is 23.1 Å². The number of nitro groups is 1. The monoisotopic (exact) mass is 415 g/mol. The first-order valence-corrected chi connectivity index (χ1v) is 10.00. The number of nitrogens with zero attached hydrogens (tertiary/aromatic N) is 3. The number of hydrogen-bond donors (Lipinski definition) is 2. The summed E-state index contributed by atoms with van der Waals surface area (Å²) in [6.07, 6.45) is 0. The van der Waals surface area contributed by atoms with Gasteiger partial charge in [-0.2, -0.15) is 0 Å². The molecule has 1 amide bonds. The molecule has 2 aromatic carbocycles. The van der Waals surface area contributed by atoms with Gasteiger partial charge < -0.3 is 10.6 Å². The molecule has 8 nitrogen and oxygen atoms in total. The number of amides is 1. The van der Waals surface area contributed by atoms with E-state index in [0.29, 0.717) is 9.47 Å². The molecule has 0 saturated carbocycles. The maximum atomic E-state index is 12.4. The van der Waals surface area contributed by atoms with Crippen LogP contribution in [0.4, 0.5) is 22.2 Å². The summed E-state index contributed by atoms with van der Waals surface area (Å²) in [5, 5.41) is 25.2. The minimum atomic E-state index is -0.526. The lowest BCUT2D eigenvalue weighted by atomic mass is 10.2. The molecule has 144 valence electrons. The van der Waals surface area contributed by atoms with Crippen molar-refractivity contribution in [2.45, 2.75) is 23.4 Å². The van der Waals surface area contributed by atoms with E-state index < -0.39 is 10.2 Å². The second kappa shape index (κ2) is 8.81. The first kappa shape index (κ1) is 19.8. The molecule has 0 bridgehead atoms. The molecule has 1 atom stereocenters. The summed E-state index contributed by atoms with van der Waals surface area (Å²) in [7, 11) is 0. The van der Waals surface area contributed by atoms with Crippen molar-refractivity contribution in [3.63, 3.8) is 0 Å². The Labute approximate surface area is 169 Å². The van der Waals surface area contributed by atoms with Crippen LogP contribution in [0.15, 0.2) is 52.9 Å². The predicted octanol–water partition coefficient (Wildman–Crippen LogP) is 4.62. The van der Waals surface area contributed by atoms with E-state index in [1.165, 1.54) is 35.2 Å². The van der Waals surface area contributed by atoms with Crippen molar-refractivity contribution in [1.29, 1.82) is 0 Å². The van der Waals surface area contributed by atoms with Crippen LogP contribution in [-0.2, 0) is 4.79 Å². The standard InChI is InChI=1S/C18H17N5O3S2/c1-11-6-5-7-13(10-11)19-17-21-22-18(28-17)27-12(2)16(24)20-14-8-3-4-9-15(14)23(25)26/h3-10,12H,1-2H3,(H,19,21)(H,20,24). The van der Waals surface area contributed by atoms with Crippen LogP contribution in [0.25, 0.3) is 0 Å². The number of hydrogen-bond acceptors (Lipinski definition) is 8. The predicted molar refractivity (Wildman–Crippen MR) is 111 cm³/mol. The molecule has 1 heterocycles. The zero-order valence-electron chi connectivity index (χ0n) is 15.1. The number of carbonyl (C=O) groups excluding carboxylic acids is 1. The van der Waals surface area contributed by atoms with Crippen LogP contribution in [0.2, 0.25) is 0 Å². The molecule has 10 heteroatoms. The minimum Gasteiger partial charge on any atom is -0.330 e. The summed E-state index contributed by atoms with van der Waals surface area (Å²) in [6.45, 7) is 3.72. The van der Waals surface area contributed by atoms with Gasteiger partial charge >= 0.3 is 0 Å². The molecule has 0 saturated heterocycles. The average Bonchev–Trinajstić information content (AvgIpc) is 3.08. The van der Waals surface area contributed by atoms with Crippen LogP contribution in [0.5, 0.6) is 0 Å². The third-order valence-corrected chi connectivity index (χ3v) is 5.70. The van der Waals surface area contributed by atoms with Crippen LogP contribution < -0.4 is 10.6 Å². The molecular formula is C18H17N5O3S2. The van der Waals surface area contributed by atoms with Crippen LogP contribution in [0, 0.1) is 17.0 Å². The van der Waals surface area contributed by atoms with Crippen LogP contribution in [0.1, 0.15) is 12.5 Å². The van der Waals surface area contributed by atoms with Crippen molar-refractivity contribution >= 4 is 51.2 Å². The summed E-state index contributed by atoms with van der Waals surface area (Å²) >= 11 is 2.58. The van der Waals surface area contributed by atoms with Crippen LogP contribution in [-0.4, -0.2) is 26.3 Å². The smallest absolute Gasteiger partial charge is 0.292 e. The van der Waals surface area contributed by atoms with E-state index in [4.69, 9.17) is 0 Å². The van der Waals surface area contributed by atoms with Gasteiger partial charge in [-0.25, -0.2) is 0 Å². The minimum absolute atomic E-state index is 0.145. The number of carbonyl (C=O) groups is 1. The number of nitro benzene ring substituents is 1. The topological polar surface area (TPSA) is 110 Å². The Morgan fingerprint density at radius 3 is 2.75 bits per heavy atom. The summed E-state index contributed by atoms with van der Waals surface area (Å²) in [6, 6.07) is 13.9. The molecule has 0 aliphatic rings. The molecular weight excluding hydrogens is 398 g/mol. The molecule has 0 aliphatic heterocycles. The first-order valence-electron chi connectivity index (χ1n) is 8.30. The number of thioether (sulfide) groups is 1. The highest BCUT2D eigenvalue weighted by Gasteiger charge is 2.21. The van der Waals surface area contributed by atoms with Gasteiger partial charge in [-0.05, 0) is 37.6 Å². The van der Waals surface area contributed by atoms with Crippen molar-refractivity contribution in [3.8, 4) is 0 Å². The van der Waals surface area contributed by atoms with Gasteiger partial charge in [0.2, 0.25) is 11.0 Å². The Hall–Kier alpha value is -2.98. The molecule has 3 aromatic rings. The molecule has 1 aromatic heterocycles. The quantitative estimate of drug-likeness (QED) is 0.329. The molecule has 28 heavy (non-hydrogen) atoms. The number of rotatable bonds is 7. The Kier molecular flexibility index (Phi) is 6.22. The van der Waals surface area contributed by atoms with Crippen molar-refractivity contribution in [2.75, 3.05) is 10.6 Å². The van der Waals surface area contributed by atoms with Gasteiger partial charge in [-0.3, -0.25) is 14.9 Å². The number of anilines is 3. The summed E-state index contributed by atoms with van der Waals surface area (Å²) in [4.78, 5) is 23.0. The van der Waals surface area contributed by atoms with Gasteiger partial charge in [-0.1, -0.05) is 47.4 Å². The van der Waals surface area contributed by atoms with Crippen molar-refractivity contribution < 1.29 is 9.72 Å².